The van der Waals surface area contributed by atoms with Crippen molar-refractivity contribution in [3.8, 4) is 22.3 Å². The maximum absolute atomic E-state index is 3.95. The molecule has 0 unspecified atom stereocenters. The van der Waals surface area contributed by atoms with E-state index in [1.54, 1.807) is 0 Å². The molecule has 0 fully saturated rings. The molecule has 8 aromatic carbocycles. The standard InChI is InChI=1S/C44H32N2.Pt/c1-45-27-29-23-33-13-5-8-16-36(33)42(25-29)40-22-20-32-12-4-10-18-38(32)44(40)46(2)28-30-24-34-14-6-7-15-35(34)41(26-30)39-21-19-31-11-3-9-17-37(31)43(39)45;/h3-24H,27-28H2,1-2H3;/q-2;+4. The third-order valence-electron chi connectivity index (χ3n) is 9.61. The van der Waals surface area contributed by atoms with Crippen LogP contribution in [-0.4, -0.2) is 14.1 Å². The van der Waals surface area contributed by atoms with Gasteiger partial charge in [-0.05, 0) is 21.5 Å². The predicted molar refractivity (Wildman–Crippen MR) is 196 cm³/mol. The number of anilines is 2. The topological polar surface area (TPSA) is 6.48 Å². The molecule has 3 heteroatoms. The minimum Gasteiger partial charge on any atom is -0.378 e. The van der Waals surface area contributed by atoms with Crippen LogP contribution in [0.25, 0.3) is 65.3 Å². The first-order valence-electron chi connectivity index (χ1n) is 16.0. The molecule has 1 heterocycles. The van der Waals surface area contributed by atoms with Gasteiger partial charge in [0.05, 0.1) is 0 Å². The second kappa shape index (κ2) is 11.7. The summed E-state index contributed by atoms with van der Waals surface area (Å²) in [5, 5.41) is 9.86. The van der Waals surface area contributed by atoms with E-state index in [0.29, 0.717) is 0 Å². The first-order valence-corrected chi connectivity index (χ1v) is 16.0. The number of nitrogens with zero attached hydrogens (tertiary/aromatic N) is 2. The Morgan fingerprint density at radius 1 is 0.426 bits per heavy atom. The average molecular weight is 784 g/mol. The molecule has 0 saturated carbocycles. The molecular formula is C44H32N2Pt+2. The molecule has 0 aromatic heterocycles. The van der Waals surface area contributed by atoms with Crippen molar-refractivity contribution in [3.63, 3.8) is 0 Å². The molecule has 0 aliphatic carbocycles. The first-order chi connectivity index (χ1) is 22.6. The molecule has 0 radical (unpaired) electrons. The van der Waals surface area contributed by atoms with Gasteiger partial charge in [0.1, 0.15) is 0 Å². The Morgan fingerprint density at radius 2 is 0.787 bits per heavy atom. The van der Waals surface area contributed by atoms with Gasteiger partial charge in [0.15, 0.2) is 0 Å². The summed E-state index contributed by atoms with van der Waals surface area (Å²) in [6.07, 6.45) is 0. The minimum absolute atomic E-state index is 0. The van der Waals surface area contributed by atoms with Gasteiger partial charge in [0.2, 0.25) is 0 Å². The van der Waals surface area contributed by atoms with E-state index < -0.39 is 0 Å². The van der Waals surface area contributed by atoms with E-state index in [2.05, 4.69) is 169 Å². The van der Waals surface area contributed by atoms with Gasteiger partial charge < -0.3 is 9.80 Å². The van der Waals surface area contributed by atoms with Gasteiger partial charge in [-0.25, -0.2) is 0 Å². The van der Waals surface area contributed by atoms with Crippen molar-refractivity contribution < 1.29 is 21.1 Å². The van der Waals surface area contributed by atoms with Gasteiger partial charge in [-0.1, -0.05) is 132 Å². The van der Waals surface area contributed by atoms with Crippen molar-refractivity contribution in [2.45, 2.75) is 13.1 Å². The van der Waals surface area contributed by atoms with Crippen molar-refractivity contribution in [1.29, 1.82) is 0 Å². The van der Waals surface area contributed by atoms with Gasteiger partial charge in [-0.3, -0.25) is 0 Å². The predicted octanol–water partition coefficient (Wildman–Crippen LogP) is 10.8. The van der Waals surface area contributed by atoms with Crippen LogP contribution in [0, 0.1) is 12.1 Å². The average Bonchev–Trinajstić information content (AvgIpc) is 3.09. The Kier molecular flexibility index (Phi) is 7.35. The van der Waals surface area contributed by atoms with Crippen molar-refractivity contribution >= 4 is 54.5 Å². The Balaban J connectivity index is 0.00000324. The van der Waals surface area contributed by atoms with Gasteiger partial charge >= 0.3 is 21.1 Å². The van der Waals surface area contributed by atoms with Gasteiger partial charge in [0, 0.05) is 38.6 Å². The normalized spacial score (nSPS) is 12.9. The van der Waals surface area contributed by atoms with Crippen LogP contribution >= 0.6 is 0 Å². The number of hydrogen-bond acceptors (Lipinski definition) is 2. The Labute approximate surface area is 290 Å². The molecule has 9 rings (SSSR count). The van der Waals surface area contributed by atoms with Crippen molar-refractivity contribution in [2.75, 3.05) is 23.9 Å². The monoisotopic (exact) mass is 783 g/mol. The van der Waals surface area contributed by atoms with E-state index in [1.807, 2.05) is 0 Å². The largest absolute Gasteiger partial charge is 4.00 e. The fourth-order valence-electron chi connectivity index (χ4n) is 7.61. The maximum atomic E-state index is 3.95. The molecule has 1 aliphatic rings. The molecule has 47 heavy (non-hydrogen) atoms. The minimum atomic E-state index is 0. The maximum Gasteiger partial charge on any atom is 4.00 e. The van der Waals surface area contributed by atoms with E-state index in [4.69, 9.17) is 0 Å². The SMILES string of the molecule is CN1Cc2[c-]c(c3ccccc3c2)-c2ccc3ccccc3c2N(C)Cc2[c-]c(c3ccccc3c2)-c2ccc3ccccc3c21.[Pt+4]. The van der Waals surface area contributed by atoms with Crippen LogP contribution in [0.5, 0.6) is 0 Å². The number of hydrogen-bond donors (Lipinski definition) is 0. The quantitative estimate of drug-likeness (QED) is 0.141. The zero-order chi connectivity index (χ0) is 30.8. The summed E-state index contributed by atoms with van der Waals surface area (Å²) >= 11 is 0. The summed E-state index contributed by atoms with van der Waals surface area (Å²) in [5.74, 6) is 0. The molecule has 0 N–H and O–H groups in total. The zero-order valence-corrected chi connectivity index (χ0v) is 28.6. The fraction of sp³-hybridized carbons (Fsp3) is 0.0909. The molecule has 0 saturated heterocycles. The van der Waals surface area contributed by atoms with E-state index in [-0.39, 0.29) is 21.1 Å². The Morgan fingerprint density at radius 3 is 1.21 bits per heavy atom. The summed E-state index contributed by atoms with van der Waals surface area (Å²) in [5.41, 5.74) is 9.46. The summed E-state index contributed by atoms with van der Waals surface area (Å²) in [6, 6.07) is 56.6. The van der Waals surface area contributed by atoms with E-state index >= 15 is 0 Å². The Bertz CT molecular complexity index is 2310. The van der Waals surface area contributed by atoms with Crippen molar-refractivity contribution in [1.82, 2.24) is 0 Å². The van der Waals surface area contributed by atoms with E-state index in [0.717, 1.165) is 35.3 Å². The zero-order valence-electron chi connectivity index (χ0n) is 26.3. The molecule has 1 aliphatic heterocycles. The molecule has 0 spiro atoms. The van der Waals surface area contributed by atoms with Gasteiger partial charge in [0.25, 0.3) is 0 Å². The van der Waals surface area contributed by atoms with Crippen LogP contribution in [-0.2, 0) is 34.2 Å². The molecule has 0 amide bonds. The molecule has 8 aromatic rings. The van der Waals surface area contributed by atoms with Crippen LogP contribution in [0.4, 0.5) is 11.4 Å². The number of fused-ring (bicyclic) bond motifs is 16. The number of benzene rings is 8. The first kappa shape index (κ1) is 29.5. The van der Waals surface area contributed by atoms with Crippen LogP contribution in [0.1, 0.15) is 11.1 Å². The van der Waals surface area contributed by atoms with Crippen molar-refractivity contribution in [3.05, 3.63) is 157 Å². The Hall–Kier alpha value is -4.91. The van der Waals surface area contributed by atoms with Gasteiger partial charge in [-0.2, -0.15) is 0 Å². The summed E-state index contributed by atoms with van der Waals surface area (Å²) in [6.45, 7) is 1.43. The summed E-state index contributed by atoms with van der Waals surface area (Å²) < 4.78 is 0. The second-order valence-corrected chi connectivity index (χ2v) is 12.6. The molecule has 226 valence electrons. The van der Waals surface area contributed by atoms with Crippen LogP contribution in [0.15, 0.2) is 133 Å². The molecular weight excluding hydrogens is 752 g/mol. The molecule has 4 bridgehead atoms. The smallest absolute Gasteiger partial charge is 0.378 e. The van der Waals surface area contributed by atoms with Crippen LogP contribution in [0.3, 0.4) is 0 Å². The summed E-state index contributed by atoms with van der Waals surface area (Å²) in [7, 11) is 4.45. The van der Waals surface area contributed by atoms with E-state index in [1.165, 1.54) is 65.6 Å². The number of rotatable bonds is 0. The van der Waals surface area contributed by atoms with Gasteiger partial charge in [-0.15, -0.1) is 68.1 Å². The molecule has 0 atom stereocenters. The fourth-order valence-corrected chi connectivity index (χ4v) is 7.61. The third kappa shape index (κ3) is 4.91. The second-order valence-electron chi connectivity index (χ2n) is 12.6. The third-order valence-corrected chi connectivity index (χ3v) is 9.61. The van der Waals surface area contributed by atoms with Crippen LogP contribution < -0.4 is 9.80 Å². The van der Waals surface area contributed by atoms with E-state index in [9.17, 15) is 0 Å². The van der Waals surface area contributed by atoms with Crippen molar-refractivity contribution in [2.24, 2.45) is 0 Å². The molecule has 2 nitrogen and oxygen atoms in total. The summed E-state index contributed by atoms with van der Waals surface area (Å²) in [4.78, 5) is 4.83. The van der Waals surface area contributed by atoms with Crippen LogP contribution in [0.2, 0.25) is 0 Å².